The molecule has 0 radical (unpaired) electrons. The number of hydrogen-bond acceptors (Lipinski definition) is 3. The maximum absolute atomic E-state index is 10.4. The largest absolute Gasteiger partial charge is 0.508 e. The lowest BCUT2D eigenvalue weighted by Crippen LogP contribution is -1.97. The Hall–Kier alpha value is -1.25. The van der Waals surface area contributed by atoms with Crippen LogP contribution >= 0.6 is 0 Å². The minimum atomic E-state index is -0.421. The van der Waals surface area contributed by atoms with E-state index >= 15 is 0 Å². The van der Waals surface area contributed by atoms with E-state index in [2.05, 4.69) is 4.74 Å². The summed E-state index contributed by atoms with van der Waals surface area (Å²) in [6.45, 7) is 0.150. The molecule has 0 aromatic heterocycles. The topological polar surface area (TPSA) is 46.5 Å². The molecule has 1 aliphatic rings. The van der Waals surface area contributed by atoms with Crippen molar-refractivity contribution in [2.75, 3.05) is 6.61 Å². The number of cyclic esters (lactones) is 1. The van der Waals surface area contributed by atoms with Gasteiger partial charge in [0.2, 0.25) is 0 Å². The van der Waals surface area contributed by atoms with Crippen molar-refractivity contribution in [3.63, 3.8) is 0 Å². The molecule has 0 aromatic carbocycles. The molecule has 1 heterocycles. The molecule has 9 heavy (non-hydrogen) atoms. The zero-order valence-corrected chi connectivity index (χ0v) is 4.70. The van der Waals surface area contributed by atoms with Crippen molar-refractivity contribution in [2.24, 2.45) is 0 Å². The van der Waals surface area contributed by atoms with Crippen LogP contribution in [0.15, 0.2) is 24.0 Å². The van der Waals surface area contributed by atoms with Gasteiger partial charge in [0.25, 0.3) is 0 Å². The fourth-order valence-corrected chi connectivity index (χ4v) is 0.479. The summed E-state index contributed by atoms with van der Waals surface area (Å²) in [4.78, 5) is 10.4. The summed E-state index contributed by atoms with van der Waals surface area (Å²) in [5.74, 6) is -0.351. The summed E-state index contributed by atoms with van der Waals surface area (Å²) in [7, 11) is 0. The molecule has 1 rings (SSSR count). The van der Waals surface area contributed by atoms with E-state index in [0.29, 0.717) is 0 Å². The van der Waals surface area contributed by atoms with Crippen molar-refractivity contribution in [2.45, 2.75) is 0 Å². The van der Waals surface area contributed by atoms with Gasteiger partial charge in [0.05, 0.1) is 0 Å². The van der Waals surface area contributed by atoms with Gasteiger partial charge < -0.3 is 9.84 Å². The van der Waals surface area contributed by atoms with Crippen molar-refractivity contribution < 1.29 is 14.6 Å². The first-order chi connectivity index (χ1) is 4.29. The van der Waals surface area contributed by atoms with E-state index < -0.39 is 5.97 Å². The van der Waals surface area contributed by atoms with Crippen LogP contribution in [0.4, 0.5) is 0 Å². The Kier molecular flexibility index (Phi) is 1.53. The van der Waals surface area contributed by atoms with E-state index in [-0.39, 0.29) is 12.4 Å². The zero-order valence-electron chi connectivity index (χ0n) is 4.70. The summed E-state index contributed by atoms with van der Waals surface area (Å²) in [6, 6.07) is 0. The average Bonchev–Trinajstić information content (AvgIpc) is 1.97. The Morgan fingerprint density at radius 1 is 1.56 bits per heavy atom. The van der Waals surface area contributed by atoms with Crippen LogP contribution in [0.2, 0.25) is 0 Å². The number of allylic oxidation sites excluding steroid dienone is 1. The van der Waals surface area contributed by atoms with Crippen LogP contribution in [-0.4, -0.2) is 17.7 Å². The average molecular weight is 126 g/mol. The smallest absolute Gasteiger partial charge is 0.331 e. The van der Waals surface area contributed by atoms with Gasteiger partial charge in [-0.1, -0.05) is 0 Å². The van der Waals surface area contributed by atoms with E-state index in [1.807, 2.05) is 0 Å². The first kappa shape index (κ1) is 5.88. The van der Waals surface area contributed by atoms with E-state index in [0.717, 1.165) is 0 Å². The van der Waals surface area contributed by atoms with Gasteiger partial charge in [-0.3, -0.25) is 0 Å². The number of esters is 1. The van der Waals surface area contributed by atoms with Crippen molar-refractivity contribution in [1.82, 2.24) is 0 Å². The van der Waals surface area contributed by atoms with Crippen LogP contribution in [-0.2, 0) is 9.53 Å². The van der Waals surface area contributed by atoms with Gasteiger partial charge in [0.1, 0.15) is 12.4 Å². The molecule has 0 atom stereocenters. The third-order valence-corrected chi connectivity index (χ3v) is 0.908. The Labute approximate surface area is 52.2 Å². The number of rotatable bonds is 0. The highest BCUT2D eigenvalue weighted by molar-refractivity contribution is 5.82. The zero-order chi connectivity index (χ0) is 6.69. The molecular weight excluding hydrogens is 120 g/mol. The molecule has 0 amide bonds. The number of hydrogen-bond donors (Lipinski definition) is 1. The first-order valence-corrected chi connectivity index (χ1v) is 2.53. The van der Waals surface area contributed by atoms with Crippen LogP contribution in [0.1, 0.15) is 0 Å². The van der Waals surface area contributed by atoms with Crippen molar-refractivity contribution in [3.8, 4) is 0 Å². The lowest BCUT2D eigenvalue weighted by Gasteiger charge is -1.90. The van der Waals surface area contributed by atoms with E-state index in [1.165, 1.54) is 18.2 Å². The van der Waals surface area contributed by atoms with Gasteiger partial charge in [-0.25, -0.2) is 4.79 Å². The van der Waals surface area contributed by atoms with Crippen molar-refractivity contribution in [3.05, 3.63) is 24.0 Å². The fraction of sp³-hybridized carbons (Fsp3) is 0.167. The SMILES string of the molecule is O=C1C=CC(O)=CCO1. The molecule has 0 fully saturated rings. The molecule has 0 aliphatic carbocycles. The van der Waals surface area contributed by atoms with E-state index in [1.54, 1.807) is 0 Å². The maximum atomic E-state index is 10.4. The van der Waals surface area contributed by atoms with Crippen molar-refractivity contribution >= 4 is 5.97 Å². The van der Waals surface area contributed by atoms with Gasteiger partial charge in [0, 0.05) is 6.08 Å². The molecular formula is C6H6O3. The summed E-state index contributed by atoms with van der Waals surface area (Å²) in [5, 5.41) is 8.75. The quantitative estimate of drug-likeness (QED) is 0.482. The third-order valence-electron chi connectivity index (χ3n) is 0.908. The maximum Gasteiger partial charge on any atom is 0.331 e. The Morgan fingerprint density at radius 2 is 2.33 bits per heavy atom. The van der Waals surface area contributed by atoms with Crippen molar-refractivity contribution in [1.29, 1.82) is 0 Å². The van der Waals surface area contributed by atoms with Gasteiger partial charge in [-0.2, -0.15) is 0 Å². The highest BCUT2D eigenvalue weighted by atomic mass is 16.5. The Bertz CT molecular complexity index is 179. The highest BCUT2D eigenvalue weighted by Crippen LogP contribution is 1.96. The summed E-state index contributed by atoms with van der Waals surface area (Å²) < 4.78 is 4.51. The Morgan fingerprint density at radius 3 is 3.11 bits per heavy atom. The fourth-order valence-electron chi connectivity index (χ4n) is 0.479. The number of aliphatic hydroxyl groups is 1. The number of carbonyl (C=O) groups is 1. The molecule has 48 valence electrons. The van der Waals surface area contributed by atoms with Gasteiger partial charge in [-0.15, -0.1) is 0 Å². The second-order valence-corrected chi connectivity index (χ2v) is 1.59. The summed E-state index contributed by atoms with van der Waals surface area (Å²) >= 11 is 0. The summed E-state index contributed by atoms with van der Waals surface area (Å²) in [5.41, 5.74) is 0. The molecule has 0 bridgehead atoms. The molecule has 0 spiro atoms. The molecule has 0 unspecified atom stereocenters. The van der Waals surface area contributed by atoms with E-state index in [4.69, 9.17) is 5.11 Å². The summed E-state index contributed by atoms with van der Waals surface area (Å²) in [6.07, 6.45) is 3.90. The molecule has 3 nitrogen and oxygen atoms in total. The first-order valence-electron chi connectivity index (χ1n) is 2.53. The lowest BCUT2D eigenvalue weighted by molar-refractivity contribution is -0.136. The normalized spacial score (nSPS) is 18.2. The second-order valence-electron chi connectivity index (χ2n) is 1.59. The molecule has 0 saturated carbocycles. The third kappa shape index (κ3) is 1.60. The predicted octanol–water partition coefficient (Wildman–Crippen LogP) is 0.541. The highest BCUT2D eigenvalue weighted by Gasteiger charge is 1.99. The van der Waals surface area contributed by atoms with Gasteiger partial charge in [0.15, 0.2) is 0 Å². The molecule has 1 N–H and O–H groups in total. The minimum absolute atomic E-state index is 0.0702. The molecule has 1 aliphatic heterocycles. The van der Waals surface area contributed by atoms with Crippen LogP contribution in [0.3, 0.4) is 0 Å². The number of ether oxygens (including phenoxy) is 1. The minimum Gasteiger partial charge on any atom is -0.508 e. The van der Waals surface area contributed by atoms with Crippen LogP contribution < -0.4 is 0 Å². The van der Waals surface area contributed by atoms with Crippen LogP contribution in [0, 0.1) is 0 Å². The van der Waals surface area contributed by atoms with Crippen LogP contribution in [0.25, 0.3) is 0 Å². The molecule has 0 saturated heterocycles. The van der Waals surface area contributed by atoms with Gasteiger partial charge in [-0.05, 0) is 12.2 Å². The standard InChI is InChI=1S/C6H6O3/c7-5-1-2-6(8)9-4-3-5/h1-3,7H,4H2. The Balaban J connectivity index is 2.69. The second kappa shape index (κ2) is 2.35. The molecule has 0 aromatic rings. The number of carbonyl (C=O) groups excluding carboxylic acids is 1. The monoisotopic (exact) mass is 126 g/mol. The number of aliphatic hydroxyl groups excluding tert-OH is 1. The van der Waals surface area contributed by atoms with E-state index in [9.17, 15) is 4.79 Å². The molecule has 3 heteroatoms. The van der Waals surface area contributed by atoms with Gasteiger partial charge >= 0.3 is 5.97 Å². The lowest BCUT2D eigenvalue weighted by atomic mass is 10.4. The predicted molar refractivity (Wildman–Crippen MR) is 30.8 cm³/mol. The van der Waals surface area contributed by atoms with Crippen LogP contribution in [0.5, 0.6) is 0 Å².